The number of fused-ring (bicyclic) bond motifs is 1. The molecule has 2 aromatic rings. The van der Waals surface area contributed by atoms with Gasteiger partial charge in [0.05, 0.1) is 6.20 Å². The van der Waals surface area contributed by atoms with Crippen LogP contribution in [-0.2, 0) is 13.0 Å². The molecule has 0 radical (unpaired) electrons. The van der Waals surface area contributed by atoms with Crippen molar-refractivity contribution < 1.29 is 4.74 Å². The second kappa shape index (κ2) is 6.54. The standard InChI is InChI=1S/C16H21N3OS/c1-3-19-10-12(9-18-19)8-13(17-2)15-11-21-16-7-5-4-6-14(16)20-15/h4-7,9-10,13,15,17H,3,8,11H2,1-2H3. The van der Waals surface area contributed by atoms with Gasteiger partial charge in [0.2, 0.25) is 0 Å². The first-order chi connectivity index (χ1) is 10.3. The molecule has 1 aromatic carbocycles. The van der Waals surface area contributed by atoms with E-state index in [-0.39, 0.29) is 6.10 Å². The average molecular weight is 303 g/mol. The van der Waals surface area contributed by atoms with Gasteiger partial charge in [-0.15, -0.1) is 11.8 Å². The molecule has 4 nitrogen and oxygen atoms in total. The molecular weight excluding hydrogens is 282 g/mol. The largest absolute Gasteiger partial charge is 0.487 e. The number of nitrogens with zero attached hydrogens (tertiary/aromatic N) is 2. The maximum absolute atomic E-state index is 6.18. The molecule has 0 amide bonds. The number of ether oxygens (including phenoxy) is 1. The number of thioether (sulfide) groups is 1. The smallest absolute Gasteiger partial charge is 0.133 e. The normalized spacial score (nSPS) is 18.9. The summed E-state index contributed by atoms with van der Waals surface area (Å²) in [6.07, 6.45) is 5.19. The van der Waals surface area contributed by atoms with Crippen LogP contribution in [0, 0.1) is 0 Å². The Morgan fingerprint density at radius 2 is 2.33 bits per heavy atom. The van der Waals surface area contributed by atoms with Crippen molar-refractivity contribution in [2.75, 3.05) is 12.8 Å². The lowest BCUT2D eigenvalue weighted by Gasteiger charge is -2.31. The predicted octanol–water partition coefficient (Wildman–Crippen LogP) is 2.59. The molecule has 0 saturated heterocycles. The van der Waals surface area contributed by atoms with Crippen molar-refractivity contribution in [1.82, 2.24) is 15.1 Å². The zero-order valence-electron chi connectivity index (χ0n) is 12.5. The van der Waals surface area contributed by atoms with E-state index in [1.807, 2.05) is 35.8 Å². The third-order valence-corrected chi connectivity index (χ3v) is 4.96. The molecule has 2 atom stereocenters. The molecule has 0 saturated carbocycles. The fourth-order valence-electron chi connectivity index (χ4n) is 2.59. The number of nitrogens with one attached hydrogen (secondary N) is 1. The van der Waals surface area contributed by atoms with Crippen LogP contribution >= 0.6 is 11.8 Å². The van der Waals surface area contributed by atoms with Gasteiger partial charge in [-0.3, -0.25) is 4.68 Å². The monoisotopic (exact) mass is 303 g/mol. The molecular formula is C16H21N3OS. The molecule has 0 aliphatic carbocycles. The van der Waals surface area contributed by atoms with E-state index in [4.69, 9.17) is 4.74 Å². The van der Waals surface area contributed by atoms with Crippen LogP contribution in [0.15, 0.2) is 41.6 Å². The zero-order chi connectivity index (χ0) is 14.7. The van der Waals surface area contributed by atoms with Crippen LogP contribution in [0.25, 0.3) is 0 Å². The van der Waals surface area contributed by atoms with Crippen molar-refractivity contribution in [3.05, 3.63) is 42.2 Å². The van der Waals surface area contributed by atoms with E-state index in [1.54, 1.807) is 0 Å². The molecule has 1 N–H and O–H groups in total. The number of aromatic nitrogens is 2. The van der Waals surface area contributed by atoms with Crippen molar-refractivity contribution in [2.24, 2.45) is 0 Å². The lowest BCUT2D eigenvalue weighted by atomic mass is 10.0. The van der Waals surface area contributed by atoms with Crippen LogP contribution in [-0.4, -0.2) is 34.7 Å². The van der Waals surface area contributed by atoms with E-state index >= 15 is 0 Å². The summed E-state index contributed by atoms with van der Waals surface area (Å²) in [4.78, 5) is 1.24. The second-order valence-corrected chi connectivity index (χ2v) is 6.28. The number of rotatable bonds is 5. The van der Waals surface area contributed by atoms with Crippen LogP contribution < -0.4 is 10.1 Å². The molecule has 3 rings (SSSR count). The van der Waals surface area contributed by atoms with E-state index in [1.165, 1.54) is 10.5 Å². The van der Waals surface area contributed by atoms with Gasteiger partial charge in [0, 0.05) is 29.4 Å². The minimum atomic E-state index is 0.180. The summed E-state index contributed by atoms with van der Waals surface area (Å²) in [5.74, 6) is 1.98. The van der Waals surface area contributed by atoms with Gasteiger partial charge >= 0.3 is 0 Å². The minimum Gasteiger partial charge on any atom is -0.487 e. The lowest BCUT2D eigenvalue weighted by molar-refractivity contribution is 0.169. The molecule has 1 aromatic heterocycles. The highest BCUT2D eigenvalue weighted by Crippen LogP contribution is 2.35. The van der Waals surface area contributed by atoms with Crippen LogP contribution in [0.4, 0.5) is 0 Å². The molecule has 1 aliphatic heterocycles. The third-order valence-electron chi connectivity index (χ3n) is 3.82. The molecule has 0 spiro atoms. The summed E-state index contributed by atoms with van der Waals surface area (Å²) in [6, 6.07) is 8.55. The molecule has 0 bridgehead atoms. The van der Waals surface area contributed by atoms with Gasteiger partial charge < -0.3 is 10.1 Å². The first kappa shape index (κ1) is 14.5. The Balaban J connectivity index is 1.69. The predicted molar refractivity (Wildman–Crippen MR) is 86.0 cm³/mol. The topological polar surface area (TPSA) is 39.1 Å². The van der Waals surface area contributed by atoms with Crippen molar-refractivity contribution in [2.45, 2.75) is 36.9 Å². The molecule has 2 heterocycles. The van der Waals surface area contributed by atoms with Crippen molar-refractivity contribution in [3.63, 3.8) is 0 Å². The maximum atomic E-state index is 6.18. The molecule has 112 valence electrons. The number of hydrogen-bond acceptors (Lipinski definition) is 4. The molecule has 21 heavy (non-hydrogen) atoms. The summed E-state index contributed by atoms with van der Waals surface area (Å²) in [6.45, 7) is 3.01. The van der Waals surface area contributed by atoms with Crippen molar-refractivity contribution in [3.8, 4) is 5.75 Å². The van der Waals surface area contributed by atoms with E-state index in [2.05, 4.69) is 41.7 Å². The Bertz CT molecular complexity index is 599. The minimum absolute atomic E-state index is 0.180. The van der Waals surface area contributed by atoms with Crippen LogP contribution in [0.3, 0.4) is 0 Å². The first-order valence-corrected chi connectivity index (χ1v) is 8.35. The van der Waals surface area contributed by atoms with E-state index < -0.39 is 0 Å². The second-order valence-electron chi connectivity index (χ2n) is 5.22. The zero-order valence-corrected chi connectivity index (χ0v) is 13.3. The number of para-hydroxylation sites is 1. The number of aryl methyl sites for hydroxylation is 1. The average Bonchev–Trinajstić information content (AvgIpc) is 3.00. The number of likely N-dealkylation sites (N-methyl/N-ethyl adjacent to an activating group) is 1. The number of hydrogen-bond donors (Lipinski definition) is 1. The lowest BCUT2D eigenvalue weighted by Crippen LogP contribution is -2.45. The van der Waals surface area contributed by atoms with Gasteiger partial charge in [0.25, 0.3) is 0 Å². The van der Waals surface area contributed by atoms with E-state index in [9.17, 15) is 0 Å². The van der Waals surface area contributed by atoms with Gasteiger partial charge in [0.1, 0.15) is 11.9 Å². The fraction of sp³-hybridized carbons (Fsp3) is 0.438. The molecule has 0 fully saturated rings. The Kier molecular flexibility index (Phi) is 4.51. The Morgan fingerprint density at radius 3 is 3.10 bits per heavy atom. The maximum Gasteiger partial charge on any atom is 0.133 e. The summed E-state index contributed by atoms with van der Waals surface area (Å²) in [5.41, 5.74) is 1.25. The first-order valence-electron chi connectivity index (χ1n) is 7.37. The van der Waals surface area contributed by atoms with Crippen LogP contribution in [0.1, 0.15) is 12.5 Å². The summed E-state index contributed by atoms with van der Waals surface area (Å²) in [5, 5.41) is 7.75. The molecule has 2 unspecified atom stereocenters. The van der Waals surface area contributed by atoms with Crippen LogP contribution in [0.5, 0.6) is 5.75 Å². The highest BCUT2D eigenvalue weighted by atomic mass is 32.2. The highest BCUT2D eigenvalue weighted by Gasteiger charge is 2.27. The highest BCUT2D eigenvalue weighted by molar-refractivity contribution is 7.99. The molecule has 1 aliphatic rings. The van der Waals surface area contributed by atoms with Gasteiger partial charge in [0.15, 0.2) is 0 Å². The summed E-state index contributed by atoms with van der Waals surface area (Å²) < 4.78 is 8.15. The van der Waals surface area contributed by atoms with Crippen LogP contribution in [0.2, 0.25) is 0 Å². The van der Waals surface area contributed by atoms with Gasteiger partial charge in [-0.25, -0.2) is 0 Å². The van der Waals surface area contributed by atoms with Gasteiger partial charge in [-0.1, -0.05) is 12.1 Å². The molecule has 5 heteroatoms. The Hall–Kier alpha value is -1.46. The van der Waals surface area contributed by atoms with E-state index in [0.717, 1.165) is 24.5 Å². The Labute approximate surface area is 129 Å². The summed E-state index contributed by atoms with van der Waals surface area (Å²) in [7, 11) is 2.00. The van der Waals surface area contributed by atoms with Gasteiger partial charge in [-0.2, -0.15) is 5.10 Å². The fourth-order valence-corrected chi connectivity index (χ4v) is 3.67. The summed E-state index contributed by atoms with van der Waals surface area (Å²) >= 11 is 1.87. The Morgan fingerprint density at radius 1 is 1.48 bits per heavy atom. The van der Waals surface area contributed by atoms with Crippen molar-refractivity contribution >= 4 is 11.8 Å². The third kappa shape index (κ3) is 3.24. The van der Waals surface area contributed by atoms with Gasteiger partial charge in [-0.05, 0) is 38.1 Å². The quantitative estimate of drug-likeness (QED) is 0.921. The van der Waals surface area contributed by atoms with Crippen molar-refractivity contribution in [1.29, 1.82) is 0 Å². The SMILES string of the molecule is CCn1cc(CC(NC)C2CSc3ccccc3O2)cn1. The number of benzene rings is 1. The van der Waals surface area contributed by atoms with E-state index in [0.29, 0.717) is 6.04 Å².